The van der Waals surface area contributed by atoms with Crippen LogP contribution in [0, 0.1) is 5.82 Å². The number of halogens is 1. The standard InChI is InChI=1S/C12H18FNO2S/c13-11-3-1-2-4-12(11)17-10-7-14(5-8-15)6-9-16/h1-4,15-16H,5-10H2. The van der Waals surface area contributed by atoms with Crippen molar-refractivity contribution in [1.82, 2.24) is 4.90 Å². The van der Waals surface area contributed by atoms with Crippen LogP contribution in [0.5, 0.6) is 0 Å². The average Bonchev–Trinajstić information content (AvgIpc) is 2.32. The summed E-state index contributed by atoms with van der Waals surface area (Å²) >= 11 is 1.45. The molecule has 0 fully saturated rings. The van der Waals surface area contributed by atoms with Crippen LogP contribution in [-0.2, 0) is 0 Å². The summed E-state index contributed by atoms with van der Waals surface area (Å²) in [6.45, 7) is 1.95. The molecule has 1 aromatic carbocycles. The van der Waals surface area contributed by atoms with Crippen molar-refractivity contribution < 1.29 is 14.6 Å². The van der Waals surface area contributed by atoms with Crippen molar-refractivity contribution in [2.45, 2.75) is 4.90 Å². The number of hydrogen-bond donors (Lipinski definition) is 2. The average molecular weight is 259 g/mol. The first-order valence-electron chi connectivity index (χ1n) is 5.59. The van der Waals surface area contributed by atoms with Crippen molar-refractivity contribution in [1.29, 1.82) is 0 Å². The molecule has 0 aliphatic heterocycles. The van der Waals surface area contributed by atoms with E-state index in [1.54, 1.807) is 12.1 Å². The summed E-state index contributed by atoms with van der Waals surface area (Å²) in [5.74, 6) is 0.536. The minimum Gasteiger partial charge on any atom is -0.395 e. The van der Waals surface area contributed by atoms with Gasteiger partial charge in [0.1, 0.15) is 5.82 Å². The van der Waals surface area contributed by atoms with Gasteiger partial charge in [-0.25, -0.2) is 4.39 Å². The largest absolute Gasteiger partial charge is 0.395 e. The Balaban J connectivity index is 2.33. The molecule has 2 N–H and O–H groups in total. The predicted octanol–water partition coefficient (Wildman–Crippen LogP) is 1.20. The second-order valence-corrected chi connectivity index (χ2v) is 4.70. The van der Waals surface area contributed by atoms with Crippen molar-refractivity contribution in [2.24, 2.45) is 0 Å². The number of hydrogen-bond acceptors (Lipinski definition) is 4. The Bertz CT molecular complexity index is 319. The fourth-order valence-electron chi connectivity index (χ4n) is 1.46. The van der Waals surface area contributed by atoms with Gasteiger partial charge in [-0.3, -0.25) is 4.90 Å². The fourth-order valence-corrected chi connectivity index (χ4v) is 2.41. The first kappa shape index (κ1) is 14.4. The maximum absolute atomic E-state index is 13.3. The van der Waals surface area contributed by atoms with Crippen molar-refractivity contribution in [3.8, 4) is 0 Å². The van der Waals surface area contributed by atoms with E-state index in [-0.39, 0.29) is 19.0 Å². The van der Waals surface area contributed by atoms with Crippen LogP contribution in [0.25, 0.3) is 0 Å². The van der Waals surface area contributed by atoms with Gasteiger partial charge in [-0.1, -0.05) is 12.1 Å². The van der Waals surface area contributed by atoms with Gasteiger partial charge in [0.2, 0.25) is 0 Å². The molecular weight excluding hydrogens is 241 g/mol. The van der Waals surface area contributed by atoms with Crippen LogP contribution in [0.3, 0.4) is 0 Å². The quantitative estimate of drug-likeness (QED) is 0.689. The highest BCUT2D eigenvalue weighted by atomic mass is 32.2. The van der Waals surface area contributed by atoms with Gasteiger partial charge in [-0.05, 0) is 12.1 Å². The van der Waals surface area contributed by atoms with Crippen LogP contribution in [0.1, 0.15) is 0 Å². The molecular formula is C12H18FNO2S. The second kappa shape index (κ2) is 8.47. The summed E-state index contributed by atoms with van der Waals surface area (Å²) in [6, 6.07) is 6.68. The van der Waals surface area contributed by atoms with E-state index in [0.29, 0.717) is 18.0 Å². The van der Waals surface area contributed by atoms with E-state index in [0.717, 1.165) is 12.3 Å². The molecule has 0 aromatic heterocycles. The summed E-state index contributed by atoms with van der Waals surface area (Å²) in [5.41, 5.74) is 0. The Hall–Kier alpha value is -0.620. The molecule has 0 atom stereocenters. The highest BCUT2D eigenvalue weighted by molar-refractivity contribution is 7.99. The lowest BCUT2D eigenvalue weighted by atomic mass is 10.3. The topological polar surface area (TPSA) is 43.7 Å². The number of rotatable bonds is 8. The van der Waals surface area contributed by atoms with Crippen LogP contribution in [0.2, 0.25) is 0 Å². The first-order valence-corrected chi connectivity index (χ1v) is 6.58. The van der Waals surface area contributed by atoms with E-state index in [4.69, 9.17) is 10.2 Å². The monoisotopic (exact) mass is 259 g/mol. The van der Waals surface area contributed by atoms with E-state index in [2.05, 4.69) is 0 Å². The van der Waals surface area contributed by atoms with Gasteiger partial charge in [0.05, 0.1) is 13.2 Å². The van der Waals surface area contributed by atoms with Gasteiger partial charge >= 0.3 is 0 Å². The third-order valence-electron chi connectivity index (χ3n) is 2.33. The van der Waals surface area contributed by atoms with E-state index in [1.165, 1.54) is 17.8 Å². The van der Waals surface area contributed by atoms with Gasteiger partial charge in [-0.2, -0.15) is 0 Å². The summed E-state index contributed by atoms with van der Waals surface area (Å²) < 4.78 is 13.3. The Labute approximate surface area is 105 Å². The molecule has 0 spiro atoms. The lowest BCUT2D eigenvalue weighted by molar-refractivity contribution is 0.167. The summed E-state index contributed by atoms with van der Waals surface area (Å²) in [4.78, 5) is 2.59. The van der Waals surface area contributed by atoms with Crippen LogP contribution < -0.4 is 0 Å². The molecule has 0 unspecified atom stereocenters. The number of benzene rings is 1. The highest BCUT2D eigenvalue weighted by Crippen LogP contribution is 2.20. The van der Waals surface area contributed by atoms with E-state index >= 15 is 0 Å². The van der Waals surface area contributed by atoms with Crippen molar-refractivity contribution in [3.63, 3.8) is 0 Å². The predicted molar refractivity (Wildman–Crippen MR) is 67.7 cm³/mol. The minimum atomic E-state index is -0.201. The molecule has 0 aliphatic carbocycles. The molecule has 0 amide bonds. The van der Waals surface area contributed by atoms with Crippen molar-refractivity contribution >= 4 is 11.8 Å². The highest BCUT2D eigenvalue weighted by Gasteiger charge is 2.05. The molecule has 1 rings (SSSR count). The Morgan fingerprint density at radius 2 is 1.71 bits per heavy atom. The number of thioether (sulfide) groups is 1. The molecule has 0 saturated carbocycles. The lowest BCUT2D eigenvalue weighted by Crippen LogP contribution is -2.31. The first-order chi connectivity index (χ1) is 8.27. The molecule has 0 heterocycles. The molecule has 5 heteroatoms. The van der Waals surface area contributed by atoms with Gasteiger partial charge in [-0.15, -0.1) is 11.8 Å². The zero-order valence-corrected chi connectivity index (χ0v) is 10.5. The van der Waals surface area contributed by atoms with Crippen molar-refractivity contribution in [2.75, 3.05) is 38.6 Å². The van der Waals surface area contributed by atoms with Crippen LogP contribution in [0.15, 0.2) is 29.2 Å². The van der Waals surface area contributed by atoms with Crippen molar-refractivity contribution in [3.05, 3.63) is 30.1 Å². The molecule has 0 bridgehead atoms. The molecule has 0 radical (unpaired) electrons. The van der Waals surface area contributed by atoms with E-state index in [1.807, 2.05) is 11.0 Å². The maximum atomic E-state index is 13.3. The third-order valence-corrected chi connectivity index (χ3v) is 3.36. The van der Waals surface area contributed by atoms with Crippen LogP contribution in [-0.4, -0.2) is 53.7 Å². The van der Waals surface area contributed by atoms with E-state index in [9.17, 15) is 4.39 Å². The van der Waals surface area contributed by atoms with Gasteiger partial charge < -0.3 is 10.2 Å². The molecule has 17 heavy (non-hydrogen) atoms. The zero-order valence-electron chi connectivity index (χ0n) is 9.68. The number of aliphatic hydroxyl groups is 2. The number of nitrogens with zero attached hydrogens (tertiary/aromatic N) is 1. The molecule has 96 valence electrons. The zero-order chi connectivity index (χ0) is 12.5. The number of aliphatic hydroxyl groups excluding tert-OH is 2. The SMILES string of the molecule is OCCN(CCO)CCSc1ccccc1F. The van der Waals surface area contributed by atoms with E-state index < -0.39 is 0 Å². The van der Waals surface area contributed by atoms with Gasteiger partial charge in [0.15, 0.2) is 0 Å². The molecule has 0 aliphatic rings. The van der Waals surface area contributed by atoms with Crippen LogP contribution >= 0.6 is 11.8 Å². The fraction of sp³-hybridized carbons (Fsp3) is 0.500. The Morgan fingerprint density at radius 3 is 2.29 bits per heavy atom. The summed E-state index contributed by atoms with van der Waals surface area (Å²) in [7, 11) is 0. The van der Waals surface area contributed by atoms with Gasteiger partial charge in [0.25, 0.3) is 0 Å². The Morgan fingerprint density at radius 1 is 1.06 bits per heavy atom. The molecule has 1 aromatic rings. The lowest BCUT2D eigenvalue weighted by Gasteiger charge is -2.19. The summed E-state index contributed by atoms with van der Waals surface area (Å²) in [6.07, 6.45) is 0. The second-order valence-electron chi connectivity index (χ2n) is 3.57. The molecule has 0 saturated heterocycles. The van der Waals surface area contributed by atoms with Crippen LogP contribution in [0.4, 0.5) is 4.39 Å². The Kier molecular flexibility index (Phi) is 7.19. The third kappa shape index (κ3) is 5.50. The molecule has 3 nitrogen and oxygen atoms in total. The normalized spacial score (nSPS) is 11.1. The summed E-state index contributed by atoms with van der Waals surface area (Å²) in [5, 5.41) is 17.7. The maximum Gasteiger partial charge on any atom is 0.136 e. The smallest absolute Gasteiger partial charge is 0.136 e. The van der Waals surface area contributed by atoms with Gasteiger partial charge in [0, 0.05) is 30.3 Å². The minimum absolute atomic E-state index is 0.0738.